The molecule has 1 atom stereocenters. The van der Waals surface area contributed by atoms with Gasteiger partial charge in [0, 0.05) is 41.4 Å². The van der Waals surface area contributed by atoms with Crippen LogP contribution in [0, 0.1) is 0 Å². The van der Waals surface area contributed by atoms with E-state index in [0.29, 0.717) is 0 Å². The largest absolute Gasteiger partial charge is 0.389 e. The molecule has 78 valence electrons. The highest BCUT2D eigenvalue weighted by Crippen LogP contribution is 2.16. The summed E-state index contributed by atoms with van der Waals surface area (Å²) in [4.78, 5) is 2.21. The lowest BCUT2D eigenvalue weighted by molar-refractivity contribution is -0.00839. The highest BCUT2D eigenvalue weighted by molar-refractivity contribution is 7.85. The Balaban J connectivity index is 2.49. The molecule has 0 saturated carbocycles. The molecule has 1 unspecified atom stereocenters. The van der Waals surface area contributed by atoms with Crippen molar-refractivity contribution in [2.24, 2.45) is 0 Å². The van der Waals surface area contributed by atoms with Crippen molar-refractivity contribution in [3.63, 3.8) is 0 Å². The summed E-state index contributed by atoms with van der Waals surface area (Å²) in [5, 5.41) is 9.79. The van der Waals surface area contributed by atoms with Crippen LogP contribution in [0.3, 0.4) is 0 Å². The van der Waals surface area contributed by atoms with Crippen molar-refractivity contribution >= 4 is 10.8 Å². The van der Waals surface area contributed by atoms with Crippen LogP contribution in [-0.2, 0) is 10.8 Å². The van der Waals surface area contributed by atoms with Gasteiger partial charge < -0.3 is 5.11 Å². The van der Waals surface area contributed by atoms with Crippen LogP contribution in [0.25, 0.3) is 0 Å². The number of aliphatic hydroxyl groups is 1. The smallest absolute Gasteiger partial charge is 0.0743 e. The second kappa shape index (κ2) is 4.07. The number of rotatable bonds is 2. The summed E-state index contributed by atoms with van der Waals surface area (Å²) >= 11 is 0. The summed E-state index contributed by atoms with van der Waals surface area (Å²) in [6.45, 7) is 7.36. The first-order chi connectivity index (χ1) is 5.91. The lowest BCUT2D eigenvalue weighted by Crippen LogP contribution is -2.52. The van der Waals surface area contributed by atoms with Gasteiger partial charge in [-0.1, -0.05) is 0 Å². The van der Waals surface area contributed by atoms with Crippen LogP contribution in [0.1, 0.15) is 20.8 Å². The molecule has 13 heavy (non-hydrogen) atoms. The Morgan fingerprint density at radius 1 is 1.38 bits per heavy atom. The summed E-state index contributed by atoms with van der Waals surface area (Å²) in [5.41, 5.74) is -0.668. The summed E-state index contributed by atoms with van der Waals surface area (Å²) in [6.07, 6.45) is 0. The zero-order valence-electron chi connectivity index (χ0n) is 8.62. The van der Waals surface area contributed by atoms with E-state index < -0.39 is 16.4 Å². The van der Waals surface area contributed by atoms with Crippen LogP contribution in [0.2, 0.25) is 0 Å². The first kappa shape index (κ1) is 11.1. The third kappa shape index (κ3) is 3.04. The molecule has 0 aliphatic carbocycles. The molecule has 4 heteroatoms. The monoisotopic (exact) mass is 205 g/mol. The minimum absolute atomic E-state index is 0.143. The average molecular weight is 205 g/mol. The van der Waals surface area contributed by atoms with Gasteiger partial charge in [-0.15, -0.1) is 0 Å². The number of nitrogens with zero attached hydrogens (tertiary/aromatic N) is 1. The van der Waals surface area contributed by atoms with Crippen LogP contribution in [0.5, 0.6) is 0 Å². The predicted octanol–water partition coefficient (Wildman–Crippen LogP) is 0.210. The third-order valence-electron chi connectivity index (χ3n) is 2.78. The van der Waals surface area contributed by atoms with Crippen LogP contribution in [-0.4, -0.2) is 50.5 Å². The van der Waals surface area contributed by atoms with Crippen molar-refractivity contribution in [2.75, 3.05) is 24.6 Å². The fourth-order valence-electron chi connectivity index (χ4n) is 1.49. The summed E-state index contributed by atoms with van der Waals surface area (Å²) in [6, 6.07) is 0.143. The van der Waals surface area contributed by atoms with Crippen molar-refractivity contribution in [1.82, 2.24) is 4.90 Å². The Kier molecular flexibility index (Phi) is 3.49. The second-order valence-corrected chi connectivity index (χ2v) is 5.91. The van der Waals surface area contributed by atoms with Gasteiger partial charge in [0.05, 0.1) is 5.60 Å². The van der Waals surface area contributed by atoms with Gasteiger partial charge in [-0.2, -0.15) is 0 Å². The standard InChI is InChI=1S/C9H19NO2S/c1-8(9(2,3)11)10-4-6-13(12)7-5-10/h8,11H,4-7H2,1-3H3. The molecule has 0 bridgehead atoms. The number of hydrogen-bond donors (Lipinski definition) is 1. The average Bonchev–Trinajstić information content (AvgIpc) is 2.03. The molecule has 1 aliphatic heterocycles. The van der Waals surface area contributed by atoms with E-state index in [2.05, 4.69) is 4.90 Å². The highest BCUT2D eigenvalue weighted by Gasteiger charge is 2.29. The first-order valence-electron chi connectivity index (χ1n) is 4.72. The molecule has 1 saturated heterocycles. The van der Waals surface area contributed by atoms with E-state index in [4.69, 9.17) is 0 Å². The van der Waals surface area contributed by atoms with Crippen LogP contribution in [0.15, 0.2) is 0 Å². The summed E-state index contributed by atoms with van der Waals surface area (Å²) in [7, 11) is -0.628. The minimum atomic E-state index is -0.668. The van der Waals surface area contributed by atoms with Gasteiger partial charge in [0.2, 0.25) is 0 Å². The van der Waals surface area contributed by atoms with Gasteiger partial charge in [-0.05, 0) is 20.8 Å². The Morgan fingerprint density at radius 2 is 1.85 bits per heavy atom. The van der Waals surface area contributed by atoms with E-state index >= 15 is 0 Å². The maximum Gasteiger partial charge on any atom is 0.0743 e. The van der Waals surface area contributed by atoms with E-state index in [1.807, 2.05) is 20.8 Å². The zero-order valence-corrected chi connectivity index (χ0v) is 9.43. The van der Waals surface area contributed by atoms with Gasteiger partial charge in [-0.25, -0.2) is 0 Å². The van der Waals surface area contributed by atoms with Gasteiger partial charge in [-0.3, -0.25) is 9.11 Å². The lowest BCUT2D eigenvalue weighted by atomic mass is 9.99. The fraction of sp³-hybridized carbons (Fsp3) is 1.00. The molecule has 1 fully saturated rings. The Bertz CT molecular complexity index is 190. The zero-order chi connectivity index (χ0) is 10.1. The SMILES string of the molecule is CC(N1CCS(=O)CC1)C(C)(C)O. The fourth-order valence-corrected chi connectivity index (χ4v) is 2.57. The maximum absolute atomic E-state index is 11.1. The molecular formula is C9H19NO2S. The van der Waals surface area contributed by atoms with Crippen molar-refractivity contribution in [3.05, 3.63) is 0 Å². The molecule has 3 nitrogen and oxygen atoms in total. The number of hydrogen-bond acceptors (Lipinski definition) is 3. The third-order valence-corrected chi connectivity index (χ3v) is 4.06. The van der Waals surface area contributed by atoms with E-state index in [1.54, 1.807) is 0 Å². The Labute approximate surface area is 82.6 Å². The van der Waals surface area contributed by atoms with Gasteiger partial charge >= 0.3 is 0 Å². The van der Waals surface area contributed by atoms with Gasteiger partial charge in [0.15, 0.2) is 0 Å². The molecule has 1 N–H and O–H groups in total. The quantitative estimate of drug-likeness (QED) is 0.700. The molecule has 0 radical (unpaired) electrons. The molecule has 0 amide bonds. The molecule has 0 aromatic rings. The van der Waals surface area contributed by atoms with Crippen molar-refractivity contribution in [3.8, 4) is 0 Å². The lowest BCUT2D eigenvalue weighted by Gasteiger charge is -2.38. The molecule has 1 heterocycles. The minimum Gasteiger partial charge on any atom is -0.389 e. The Hall–Kier alpha value is 0.0700. The molecule has 0 aromatic heterocycles. The van der Waals surface area contributed by atoms with Crippen LogP contribution >= 0.6 is 0 Å². The maximum atomic E-state index is 11.1. The summed E-state index contributed by atoms with van der Waals surface area (Å²) in [5.74, 6) is 1.50. The van der Waals surface area contributed by atoms with Crippen molar-refractivity contribution < 1.29 is 9.32 Å². The summed E-state index contributed by atoms with van der Waals surface area (Å²) < 4.78 is 11.1. The normalized spacial score (nSPS) is 24.6. The molecule has 1 rings (SSSR count). The van der Waals surface area contributed by atoms with E-state index in [9.17, 15) is 9.32 Å². The van der Waals surface area contributed by atoms with Crippen LogP contribution < -0.4 is 0 Å². The second-order valence-electron chi connectivity index (χ2n) is 4.21. The van der Waals surface area contributed by atoms with Crippen molar-refractivity contribution in [1.29, 1.82) is 0 Å². The van der Waals surface area contributed by atoms with Crippen molar-refractivity contribution in [2.45, 2.75) is 32.4 Å². The predicted molar refractivity (Wildman–Crippen MR) is 55.2 cm³/mol. The van der Waals surface area contributed by atoms with E-state index in [1.165, 1.54) is 0 Å². The highest BCUT2D eigenvalue weighted by atomic mass is 32.2. The first-order valence-corrected chi connectivity index (χ1v) is 6.21. The molecule has 0 spiro atoms. The van der Waals surface area contributed by atoms with E-state index in [0.717, 1.165) is 24.6 Å². The van der Waals surface area contributed by atoms with Gasteiger partial charge in [0.1, 0.15) is 0 Å². The molecule has 0 aromatic carbocycles. The topological polar surface area (TPSA) is 40.5 Å². The van der Waals surface area contributed by atoms with E-state index in [-0.39, 0.29) is 6.04 Å². The Morgan fingerprint density at radius 3 is 2.23 bits per heavy atom. The molecular weight excluding hydrogens is 186 g/mol. The van der Waals surface area contributed by atoms with Crippen LogP contribution in [0.4, 0.5) is 0 Å². The van der Waals surface area contributed by atoms with Gasteiger partial charge in [0.25, 0.3) is 0 Å². The molecule has 1 aliphatic rings.